The lowest BCUT2D eigenvalue weighted by Crippen LogP contribution is -2.39. The quantitative estimate of drug-likeness (QED) is 0.825. The van der Waals surface area contributed by atoms with Crippen LogP contribution in [0.25, 0.3) is 0 Å². The third-order valence-corrected chi connectivity index (χ3v) is 5.27. The normalized spacial score (nSPS) is 20.6. The van der Waals surface area contributed by atoms with Crippen LogP contribution in [0.2, 0.25) is 10.0 Å². The Morgan fingerprint density at radius 3 is 2.91 bits per heavy atom. The SMILES string of the molecule is Clc1ccc([C@@H]2CN(c3ncnc4c3CCC4)CCO2)cc1Cl. The molecule has 1 aliphatic heterocycles. The standard InChI is InChI=1S/C17H17Cl2N3O/c18-13-5-4-11(8-14(13)19)16-9-22(6-7-23-16)17-12-2-1-3-15(12)20-10-21-17/h4-5,8,10,16H,1-3,6-7,9H2/t16-/m0/s1. The van der Waals surface area contributed by atoms with Crippen molar-refractivity contribution in [2.45, 2.75) is 25.4 Å². The number of aromatic nitrogens is 2. The van der Waals surface area contributed by atoms with Crippen LogP contribution in [-0.2, 0) is 17.6 Å². The molecule has 1 aliphatic carbocycles. The largest absolute Gasteiger partial charge is 0.370 e. The third kappa shape index (κ3) is 2.91. The highest BCUT2D eigenvalue weighted by atomic mass is 35.5. The van der Waals surface area contributed by atoms with E-state index in [1.54, 1.807) is 6.33 Å². The lowest BCUT2D eigenvalue weighted by molar-refractivity contribution is 0.0394. The van der Waals surface area contributed by atoms with Gasteiger partial charge in [-0.25, -0.2) is 9.97 Å². The fourth-order valence-corrected chi connectivity index (χ4v) is 3.68. The molecule has 0 unspecified atom stereocenters. The molecule has 0 radical (unpaired) electrons. The molecule has 1 atom stereocenters. The highest BCUT2D eigenvalue weighted by Crippen LogP contribution is 2.33. The topological polar surface area (TPSA) is 38.2 Å². The average molecular weight is 350 g/mol. The van der Waals surface area contributed by atoms with Crippen molar-refractivity contribution in [1.29, 1.82) is 0 Å². The van der Waals surface area contributed by atoms with Gasteiger partial charge in [-0.1, -0.05) is 29.3 Å². The molecule has 4 nitrogen and oxygen atoms in total. The maximum absolute atomic E-state index is 6.14. The number of morpholine rings is 1. The number of halogens is 2. The average Bonchev–Trinajstić information content (AvgIpc) is 3.06. The number of hydrogen-bond acceptors (Lipinski definition) is 4. The zero-order chi connectivity index (χ0) is 15.8. The summed E-state index contributed by atoms with van der Waals surface area (Å²) in [6, 6.07) is 5.69. The van der Waals surface area contributed by atoms with Gasteiger partial charge >= 0.3 is 0 Å². The van der Waals surface area contributed by atoms with E-state index in [1.807, 2.05) is 18.2 Å². The van der Waals surface area contributed by atoms with Crippen molar-refractivity contribution in [3.8, 4) is 0 Å². The number of nitrogens with zero attached hydrogens (tertiary/aromatic N) is 3. The van der Waals surface area contributed by atoms with E-state index in [0.29, 0.717) is 16.7 Å². The summed E-state index contributed by atoms with van der Waals surface area (Å²) in [5.41, 5.74) is 3.56. The zero-order valence-electron chi connectivity index (χ0n) is 12.6. The molecule has 2 aromatic rings. The Labute approximate surface area is 145 Å². The maximum Gasteiger partial charge on any atom is 0.135 e. The summed E-state index contributed by atoms with van der Waals surface area (Å²) in [5.74, 6) is 1.07. The van der Waals surface area contributed by atoms with E-state index in [0.717, 1.165) is 37.3 Å². The first-order chi connectivity index (χ1) is 11.2. The molecule has 0 N–H and O–H groups in total. The fourth-order valence-electron chi connectivity index (χ4n) is 3.37. The van der Waals surface area contributed by atoms with Gasteiger partial charge < -0.3 is 9.64 Å². The summed E-state index contributed by atoms with van der Waals surface area (Å²) in [4.78, 5) is 11.3. The molecule has 23 heavy (non-hydrogen) atoms. The van der Waals surface area contributed by atoms with Crippen molar-refractivity contribution in [1.82, 2.24) is 9.97 Å². The molecule has 1 aromatic heterocycles. The highest BCUT2D eigenvalue weighted by molar-refractivity contribution is 6.42. The number of ether oxygens (including phenoxy) is 1. The Morgan fingerprint density at radius 2 is 2.04 bits per heavy atom. The molecular weight excluding hydrogens is 333 g/mol. The number of anilines is 1. The molecule has 4 rings (SSSR count). The van der Waals surface area contributed by atoms with Crippen LogP contribution in [0, 0.1) is 0 Å². The second kappa shape index (κ2) is 6.27. The summed E-state index contributed by atoms with van der Waals surface area (Å²) in [6.07, 6.45) is 4.96. The van der Waals surface area contributed by atoms with Gasteiger partial charge in [0.25, 0.3) is 0 Å². The molecule has 2 aliphatic rings. The smallest absolute Gasteiger partial charge is 0.135 e. The van der Waals surface area contributed by atoms with Crippen LogP contribution in [0.1, 0.15) is 29.3 Å². The van der Waals surface area contributed by atoms with E-state index in [-0.39, 0.29) is 6.10 Å². The van der Waals surface area contributed by atoms with Gasteiger partial charge in [-0.05, 0) is 37.0 Å². The number of aryl methyl sites for hydroxylation is 1. The summed E-state index contributed by atoms with van der Waals surface area (Å²) in [6.45, 7) is 2.28. The predicted molar refractivity (Wildman–Crippen MR) is 91.4 cm³/mol. The molecule has 0 saturated carbocycles. The Bertz CT molecular complexity index is 738. The lowest BCUT2D eigenvalue weighted by Gasteiger charge is -2.35. The molecule has 120 valence electrons. The molecule has 0 bridgehead atoms. The minimum atomic E-state index is -0.0227. The molecule has 1 fully saturated rings. The van der Waals surface area contributed by atoms with Crippen molar-refractivity contribution in [3.05, 3.63) is 51.4 Å². The Hall–Kier alpha value is -1.36. The Morgan fingerprint density at radius 1 is 1.13 bits per heavy atom. The van der Waals surface area contributed by atoms with Crippen LogP contribution >= 0.6 is 23.2 Å². The highest BCUT2D eigenvalue weighted by Gasteiger charge is 2.27. The van der Waals surface area contributed by atoms with Gasteiger partial charge in [0.1, 0.15) is 18.2 Å². The number of benzene rings is 1. The van der Waals surface area contributed by atoms with Crippen molar-refractivity contribution < 1.29 is 4.74 Å². The lowest BCUT2D eigenvalue weighted by atomic mass is 10.1. The summed E-state index contributed by atoms with van der Waals surface area (Å²) in [5, 5.41) is 1.13. The minimum absolute atomic E-state index is 0.0227. The van der Waals surface area contributed by atoms with E-state index >= 15 is 0 Å². The van der Waals surface area contributed by atoms with Gasteiger partial charge in [0.15, 0.2) is 0 Å². The van der Waals surface area contributed by atoms with Gasteiger partial charge in [-0.3, -0.25) is 0 Å². The fraction of sp³-hybridized carbons (Fsp3) is 0.412. The first-order valence-corrected chi connectivity index (χ1v) is 8.62. The number of fused-ring (bicyclic) bond motifs is 1. The Balaban J connectivity index is 1.60. The molecule has 0 spiro atoms. The van der Waals surface area contributed by atoms with Crippen LogP contribution in [0.15, 0.2) is 24.5 Å². The number of rotatable bonds is 2. The molecule has 6 heteroatoms. The second-order valence-electron chi connectivity index (χ2n) is 5.96. The van der Waals surface area contributed by atoms with Crippen LogP contribution in [-0.4, -0.2) is 29.7 Å². The van der Waals surface area contributed by atoms with E-state index in [4.69, 9.17) is 27.9 Å². The van der Waals surface area contributed by atoms with E-state index in [9.17, 15) is 0 Å². The van der Waals surface area contributed by atoms with Gasteiger partial charge in [0.05, 0.1) is 16.7 Å². The van der Waals surface area contributed by atoms with Crippen molar-refractivity contribution in [3.63, 3.8) is 0 Å². The van der Waals surface area contributed by atoms with Crippen LogP contribution in [0.3, 0.4) is 0 Å². The van der Waals surface area contributed by atoms with E-state index < -0.39 is 0 Å². The van der Waals surface area contributed by atoms with E-state index in [1.165, 1.54) is 17.7 Å². The minimum Gasteiger partial charge on any atom is -0.370 e. The molecule has 2 heterocycles. The van der Waals surface area contributed by atoms with Crippen LogP contribution < -0.4 is 4.90 Å². The summed E-state index contributed by atoms with van der Waals surface area (Å²) in [7, 11) is 0. The van der Waals surface area contributed by atoms with Gasteiger partial charge in [0, 0.05) is 24.3 Å². The van der Waals surface area contributed by atoms with Crippen molar-refractivity contribution in [2.24, 2.45) is 0 Å². The first-order valence-electron chi connectivity index (χ1n) is 7.86. The van der Waals surface area contributed by atoms with Crippen molar-refractivity contribution in [2.75, 3.05) is 24.6 Å². The number of hydrogen-bond donors (Lipinski definition) is 0. The predicted octanol–water partition coefficient (Wildman–Crippen LogP) is 3.85. The van der Waals surface area contributed by atoms with Gasteiger partial charge in [-0.2, -0.15) is 0 Å². The molecule has 1 saturated heterocycles. The van der Waals surface area contributed by atoms with Gasteiger partial charge in [0.2, 0.25) is 0 Å². The molecule has 0 amide bonds. The summed E-state index contributed by atoms with van der Waals surface area (Å²) < 4.78 is 5.94. The Kier molecular flexibility index (Phi) is 4.14. The van der Waals surface area contributed by atoms with E-state index in [2.05, 4.69) is 14.9 Å². The summed E-state index contributed by atoms with van der Waals surface area (Å²) >= 11 is 12.1. The second-order valence-corrected chi connectivity index (χ2v) is 6.77. The molecular formula is C17H17Cl2N3O. The zero-order valence-corrected chi connectivity index (χ0v) is 14.1. The first kappa shape index (κ1) is 15.2. The molecule has 1 aromatic carbocycles. The maximum atomic E-state index is 6.14. The monoisotopic (exact) mass is 349 g/mol. The third-order valence-electron chi connectivity index (χ3n) is 4.53. The van der Waals surface area contributed by atoms with Crippen LogP contribution in [0.5, 0.6) is 0 Å². The van der Waals surface area contributed by atoms with Crippen molar-refractivity contribution >= 4 is 29.0 Å². The van der Waals surface area contributed by atoms with Crippen LogP contribution in [0.4, 0.5) is 5.82 Å². The van der Waals surface area contributed by atoms with Gasteiger partial charge in [-0.15, -0.1) is 0 Å².